The highest BCUT2D eigenvalue weighted by Gasteiger charge is 2.09. The summed E-state index contributed by atoms with van der Waals surface area (Å²) in [5.74, 6) is -1.10. The van der Waals surface area contributed by atoms with Gasteiger partial charge >= 0.3 is 11.9 Å². The van der Waals surface area contributed by atoms with Gasteiger partial charge in [-0.25, -0.2) is 9.59 Å². The zero-order valence-electron chi connectivity index (χ0n) is 9.70. The fraction of sp³-hybridized carbons (Fsp3) is 0.0769. The van der Waals surface area contributed by atoms with Crippen LogP contribution in [0.1, 0.15) is 26.7 Å². The summed E-state index contributed by atoms with van der Waals surface area (Å²) in [5.41, 5.74) is 0.232. The third-order valence-corrected chi connectivity index (χ3v) is 3.39. The molecule has 2 rings (SSSR count). The summed E-state index contributed by atoms with van der Waals surface area (Å²) in [6, 6.07) is 9.48. The summed E-state index contributed by atoms with van der Waals surface area (Å²) in [6.45, 7) is 0. The maximum Gasteiger partial charge on any atom is 0.371 e. The maximum atomic E-state index is 10.7. The molecule has 19 heavy (non-hydrogen) atoms. The number of thioether (sulfide) groups is 1. The van der Waals surface area contributed by atoms with Crippen molar-refractivity contribution >= 4 is 23.7 Å². The van der Waals surface area contributed by atoms with E-state index in [2.05, 4.69) is 0 Å². The highest BCUT2D eigenvalue weighted by Crippen LogP contribution is 2.24. The van der Waals surface area contributed by atoms with Gasteiger partial charge in [0.1, 0.15) is 5.76 Å². The summed E-state index contributed by atoms with van der Waals surface area (Å²) in [7, 11) is 0. The predicted molar refractivity (Wildman–Crippen MR) is 68.6 cm³/mol. The number of hydrogen-bond acceptors (Lipinski definition) is 4. The minimum absolute atomic E-state index is 0.0863. The van der Waals surface area contributed by atoms with Crippen LogP contribution in [0.15, 0.2) is 45.7 Å². The number of carboxylic acids is 2. The number of furan rings is 1. The zero-order chi connectivity index (χ0) is 13.8. The lowest BCUT2D eigenvalue weighted by molar-refractivity contribution is 0.0658. The van der Waals surface area contributed by atoms with E-state index in [1.165, 1.54) is 30.0 Å². The Morgan fingerprint density at radius 3 is 2.21 bits per heavy atom. The van der Waals surface area contributed by atoms with E-state index in [0.717, 1.165) is 4.90 Å². The van der Waals surface area contributed by atoms with Crippen LogP contribution < -0.4 is 0 Å². The van der Waals surface area contributed by atoms with E-state index in [4.69, 9.17) is 14.6 Å². The Labute approximate surface area is 112 Å². The van der Waals surface area contributed by atoms with Crippen molar-refractivity contribution in [1.82, 2.24) is 0 Å². The molecule has 0 fully saturated rings. The molecule has 1 heterocycles. The molecule has 0 radical (unpaired) electrons. The quantitative estimate of drug-likeness (QED) is 0.817. The lowest BCUT2D eigenvalue weighted by atomic mass is 10.2. The van der Waals surface area contributed by atoms with E-state index in [-0.39, 0.29) is 11.3 Å². The van der Waals surface area contributed by atoms with E-state index in [1.54, 1.807) is 18.2 Å². The second kappa shape index (κ2) is 5.62. The lowest BCUT2D eigenvalue weighted by Crippen LogP contribution is -1.94. The third kappa shape index (κ3) is 3.38. The number of rotatable bonds is 5. The molecule has 1 aromatic heterocycles. The number of carboxylic acid groups (broad SMARTS) is 2. The van der Waals surface area contributed by atoms with Crippen molar-refractivity contribution in [2.45, 2.75) is 10.6 Å². The zero-order valence-corrected chi connectivity index (χ0v) is 10.5. The first-order chi connectivity index (χ1) is 9.06. The Balaban J connectivity index is 1.97. The Kier molecular flexibility index (Phi) is 3.91. The van der Waals surface area contributed by atoms with Gasteiger partial charge in [0.05, 0.1) is 11.3 Å². The topological polar surface area (TPSA) is 87.7 Å². The second-order valence-electron chi connectivity index (χ2n) is 3.69. The summed E-state index contributed by atoms with van der Waals surface area (Å²) in [6.07, 6.45) is 0. The molecule has 0 bridgehead atoms. The Hall–Kier alpha value is -2.21. The smallest absolute Gasteiger partial charge is 0.371 e. The van der Waals surface area contributed by atoms with Crippen LogP contribution in [0.2, 0.25) is 0 Å². The minimum Gasteiger partial charge on any atom is -0.478 e. The minimum atomic E-state index is -1.10. The Morgan fingerprint density at radius 2 is 1.68 bits per heavy atom. The average Bonchev–Trinajstić information content (AvgIpc) is 2.86. The number of carbonyl (C=O) groups is 2. The number of benzene rings is 1. The SMILES string of the molecule is O=C(O)c1ccc(SCc2ccc(C(=O)O)o2)cc1. The van der Waals surface area contributed by atoms with Crippen molar-refractivity contribution in [3.63, 3.8) is 0 Å². The van der Waals surface area contributed by atoms with Gasteiger partial charge in [0.25, 0.3) is 0 Å². The van der Waals surface area contributed by atoms with Crippen molar-refractivity contribution in [2.24, 2.45) is 0 Å². The van der Waals surface area contributed by atoms with Gasteiger partial charge < -0.3 is 14.6 Å². The summed E-state index contributed by atoms with van der Waals surface area (Å²) in [4.78, 5) is 22.2. The van der Waals surface area contributed by atoms with E-state index < -0.39 is 11.9 Å². The molecular weight excluding hydrogens is 268 g/mol. The van der Waals surface area contributed by atoms with Gasteiger partial charge in [-0.05, 0) is 36.4 Å². The van der Waals surface area contributed by atoms with Gasteiger partial charge in [-0.15, -0.1) is 11.8 Å². The molecule has 0 amide bonds. The molecular formula is C13H10O5S. The second-order valence-corrected chi connectivity index (χ2v) is 4.74. The summed E-state index contributed by atoms with van der Waals surface area (Å²) in [5, 5.41) is 17.5. The molecule has 0 saturated carbocycles. The van der Waals surface area contributed by atoms with Gasteiger partial charge in [-0.3, -0.25) is 0 Å². The van der Waals surface area contributed by atoms with Crippen LogP contribution in [-0.4, -0.2) is 22.2 Å². The van der Waals surface area contributed by atoms with Gasteiger partial charge in [0.2, 0.25) is 5.76 Å². The van der Waals surface area contributed by atoms with E-state index >= 15 is 0 Å². The molecule has 0 aliphatic heterocycles. The molecule has 0 aliphatic rings. The fourth-order valence-corrected chi connectivity index (χ4v) is 2.21. The molecule has 0 unspecified atom stereocenters. The molecule has 2 N–H and O–H groups in total. The summed E-state index contributed by atoms with van der Waals surface area (Å²) < 4.78 is 5.11. The van der Waals surface area contributed by atoms with Crippen LogP contribution in [0.25, 0.3) is 0 Å². The standard InChI is InChI=1S/C13H10O5S/c14-12(15)8-1-4-10(5-2-8)19-7-9-3-6-11(18-9)13(16)17/h1-6H,7H2,(H,14,15)(H,16,17). The Bertz CT molecular complexity index is 600. The molecule has 98 valence electrons. The first-order valence-corrected chi connectivity index (χ1v) is 6.33. The largest absolute Gasteiger partial charge is 0.478 e. The highest BCUT2D eigenvalue weighted by atomic mass is 32.2. The van der Waals surface area contributed by atoms with Crippen molar-refractivity contribution in [3.05, 3.63) is 53.5 Å². The van der Waals surface area contributed by atoms with E-state index in [0.29, 0.717) is 11.5 Å². The van der Waals surface area contributed by atoms with Gasteiger partial charge in [0, 0.05) is 4.90 Å². The van der Waals surface area contributed by atoms with Gasteiger partial charge in [-0.1, -0.05) is 0 Å². The van der Waals surface area contributed by atoms with Crippen LogP contribution in [0.4, 0.5) is 0 Å². The van der Waals surface area contributed by atoms with Gasteiger partial charge in [0.15, 0.2) is 0 Å². The van der Waals surface area contributed by atoms with Crippen LogP contribution in [0.5, 0.6) is 0 Å². The molecule has 5 nitrogen and oxygen atoms in total. The maximum absolute atomic E-state index is 10.7. The molecule has 0 spiro atoms. The van der Waals surface area contributed by atoms with Crippen LogP contribution >= 0.6 is 11.8 Å². The number of hydrogen-bond donors (Lipinski definition) is 2. The van der Waals surface area contributed by atoms with Crippen molar-refractivity contribution in [2.75, 3.05) is 0 Å². The molecule has 0 aliphatic carbocycles. The van der Waals surface area contributed by atoms with Crippen molar-refractivity contribution < 1.29 is 24.2 Å². The first kappa shape index (κ1) is 13.2. The van der Waals surface area contributed by atoms with Gasteiger partial charge in [-0.2, -0.15) is 0 Å². The molecule has 0 saturated heterocycles. The van der Waals surface area contributed by atoms with E-state index in [1.807, 2.05) is 0 Å². The molecule has 2 aromatic rings. The first-order valence-electron chi connectivity index (χ1n) is 5.34. The predicted octanol–water partition coefficient (Wildman–Crippen LogP) is 2.97. The highest BCUT2D eigenvalue weighted by molar-refractivity contribution is 7.98. The molecule has 0 atom stereocenters. The molecule has 1 aromatic carbocycles. The fourth-order valence-electron chi connectivity index (χ4n) is 1.42. The lowest BCUT2D eigenvalue weighted by Gasteiger charge is -2.00. The summed E-state index contributed by atoms with van der Waals surface area (Å²) >= 11 is 1.44. The van der Waals surface area contributed by atoms with Crippen LogP contribution in [0.3, 0.4) is 0 Å². The van der Waals surface area contributed by atoms with Crippen molar-refractivity contribution in [1.29, 1.82) is 0 Å². The van der Waals surface area contributed by atoms with Crippen molar-refractivity contribution in [3.8, 4) is 0 Å². The normalized spacial score (nSPS) is 10.3. The number of aromatic carboxylic acids is 2. The molecule has 6 heteroatoms. The van der Waals surface area contributed by atoms with E-state index in [9.17, 15) is 9.59 Å². The Morgan fingerprint density at radius 1 is 1.00 bits per heavy atom. The monoisotopic (exact) mass is 278 g/mol. The average molecular weight is 278 g/mol. The van der Waals surface area contributed by atoms with Crippen LogP contribution in [-0.2, 0) is 5.75 Å². The third-order valence-electron chi connectivity index (χ3n) is 2.35. The van der Waals surface area contributed by atoms with Crippen LogP contribution in [0, 0.1) is 0 Å².